The van der Waals surface area contributed by atoms with Crippen molar-refractivity contribution < 1.29 is 32.6 Å². The van der Waals surface area contributed by atoms with Crippen molar-refractivity contribution in [2.45, 2.75) is 13.8 Å². The number of amides is 1. The summed E-state index contributed by atoms with van der Waals surface area (Å²) in [5, 5.41) is 4.97. The summed E-state index contributed by atoms with van der Waals surface area (Å²) in [6, 6.07) is 6.80. The molecule has 0 aliphatic rings. The molecule has 2 aromatic carbocycles. The van der Waals surface area contributed by atoms with Crippen LogP contribution in [0.1, 0.15) is 34.6 Å². The number of halogens is 2. The van der Waals surface area contributed by atoms with Crippen LogP contribution in [0.3, 0.4) is 0 Å². The van der Waals surface area contributed by atoms with E-state index in [1.54, 1.807) is 13.8 Å². The Morgan fingerprint density at radius 3 is 2.03 bits per heavy atom. The first-order valence-corrected chi connectivity index (χ1v) is 8.82. The molecule has 2 rings (SSSR count). The van der Waals surface area contributed by atoms with Crippen molar-refractivity contribution in [3.8, 4) is 0 Å². The minimum Gasteiger partial charge on any atom is -0.462 e. The first-order chi connectivity index (χ1) is 13.8. The predicted molar refractivity (Wildman–Crippen MR) is 102 cm³/mol. The van der Waals surface area contributed by atoms with Crippen molar-refractivity contribution in [1.82, 2.24) is 0 Å². The fraction of sp³-hybridized carbons (Fsp3) is 0.250. The van der Waals surface area contributed by atoms with Crippen LogP contribution >= 0.6 is 0 Å². The molecule has 2 aromatic rings. The fourth-order valence-electron chi connectivity index (χ4n) is 2.36. The van der Waals surface area contributed by atoms with Crippen molar-refractivity contribution in [2.75, 3.05) is 30.4 Å². The maximum absolute atomic E-state index is 13.6. The third-order valence-corrected chi connectivity index (χ3v) is 3.61. The highest BCUT2D eigenvalue weighted by Crippen LogP contribution is 2.18. The molecule has 29 heavy (non-hydrogen) atoms. The normalized spacial score (nSPS) is 10.2. The van der Waals surface area contributed by atoms with Gasteiger partial charge in [0.15, 0.2) is 0 Å². The van der Waals surface area contributed by atoms with Gasteiger partial charge in [0.25, 0.3) is 0 Å². The van der Waals surface area contributed by atoms with E-state index in [1.165, 1.54) is 18.2 Å². The van der Waals surface area contributed by atoms with Crippen molar-refractivity contribution in [2.24, 2.45) is 0 Å². The average molecular weight is 406 g/mol. The van der Waals surface area contributed by atoms with Gasteiger partial charge in [0.2, 0.25) is 5.91 Å². The smallest absolute Gasteiger partial charge is 0.338 e. The Bertz CT molecular complexity index is 881. The lowest BCUT2D eigenvalue weighted by atomic mass is 10.1. The molecule has 0 unspecified atom stereocenters. The molecule has 0 aromatic heterocycles. The van der Waals surface area contributed by atoms with E-state index in [9.17, 15) is 23.2 Å². The third-order valence-electron chi connectivity index (χ3n) is 3.61. The number of carbonyl (C=O) groups excluding carboxylic acids is 3. The largest absolute Gasteiger partial charge is 0.462 e. The number of rotatable bonds is 8. The van der Waals surface area contributed by atoms with Crippen LogP contribution in [0.15, 0.2) is 36.4 Å². The van der Waals surface area contributed by atoms with Gasteiger partial charge in [-0.3, -0.25) is 4.79 Å². The maximum Gasteiger partial charge on any atom is 0.338 e. The predicted octanol–water partition coefficient (Wildman–Crippen LogP) is 3.37. The van der Waals surface area contributed by atoms with E-state index in [2.05, 4.69) is 10.6 Å². The van der Waals surface area contributed by atoms with E-state index < -0.39 is 29.5 Å². The third kappa shape index (κ3) is 6.27. The van der Waals surface area contributed by atoms with Gasteiger partial charge in [-0.05, 0) is 44.2 Å². The van der Waals surface area contributed by atoms with Gasteiger partial charge in [-0.2, -0.15) is 0 Å². The number of ether oxygens (including phenoxy) is 2. The van der Waals surface area contributed by atoms with Gasteiger partial charge >= 0.3 is 11.9 Å². The average Bonchev–Trinajstić information content (AvgIpc) is 2.69. The van der Waals surface area contributed by atoms with Crippen molar-refractivity contribution in [3.63, 3.8) is 0 Å². The van der Waals surface area contributed by atoms with Crippen LogP contribution in [0.4, 0.5) is 20.2 Å². The lowest BCUT2D eigenvalue weighted by molar-refractivity contribution is -0.114. The second kappa shape index (κ2) is 10.2. The summed E-state index contributed by atoms with van der Waals surface area (Å²) in [6.07, 6.45) is 0. The molecule has 0 spiro atoms. The molecule has 0 heterocycles. The van der Waals surface area contributed by atoms with Crippen molar-refractivity contribution in [3.05, 3.63) is 59.2 Å². The summed E-state index contributed by atoms with van der Waals surface area (Å²) in [7, 11) is 0. The first-order valence-electron chi connectivity index (χ1n) is 8.82. The molecule has 0 bridgehead atoms. The van der Waals surface area contributed by atoms with E-state index in [-0.39, 0.29) is 42.3 Å². The molecule has 0 saturated heterocycles. The highest BCUT2D eigenvalue weighted by atomic mass is 19.1. The van der Waals surface area contributed by atoms with E-state index in [1.807, 2.05) is 0 Å². The van der Waals surface area contributed by atoms with Crippen LogP contribution in [-0.2, 0) is 14.3 Å². The monoisotopic (exact) mass is 406 g/mol. The Morgan fingerprint density at radius 1 is 0.897 bits per heavy atom. The summed E-state index contributed by atoms with van der Waals surface area (Å²) in [4.78, 5) is 36.1. The molecule has 154 valence electrons. The summed E-state index contributed by atoms with van der Waals surface area (Å²) in [5.41, 5.74) is 0.158. The number of esters is 2. The highest BCUT2D eigenvalue weighted by Gasteiger charge is 2.15. The summed E-state index contributed by atoms with van der Waals surface area (Å²) in [6.45, 7) is 3.24. The van der Waals surface area contributed by atoms with Crippen LogP contribution in [-0.4, -0.2) is 37.6 Å². The summed E-state index contributed by atoms with van der Waals surface area (Å²) < 4.78 is 36.7. The van der Waals surface area contributed by atoms with Crippen LogP contribution in [0.5, 0.6) is 0 Å². The Morgan fingerprint density at radius 2 is 1.48 bits per heavy atom. The zero-order valence-electron chi connectivity index (χ0n) is 15.9. The van der Waals surface area contributed by atoms with E-state index in [0.717, 1.165) is 18.2 Å². The Hall–Kier alpha value is -3.49. The first kappa shape index (κ1) is 21.8. The quantitative estimate of drug-likeness (QED) is 0.653. The van der Waals surface area contributed by atoms with Gasteiger partial charge in [-0.1, -0.05) is 0 Å². The number of anilines is 2. The van der Waals surface area contributed by atoms with Gasteiger partial charge in [0.1, 0.15) is 11.6 Å². The molecule has 1 amide bonds. The summed E-state index contributed by atoms with van der Waals surface area (Å²) in [5.74, 6) is -3.43. The Labute approximate surface area is 166 Å². The standard InChI is InChI=1S/C20H20F2N2O5/c1-3-28-19(26)12-7-13(20(27)29-4-2)9-15(8-12)23-11-18(25)24-17-10-14(21)5-6-16(17)22/h5-10,23H,3-4,11H2,1-2H3,(H,24,25). The maximum atomic E-state index is 13.6. The number of carbonyl (C=O) groups is 3. The molecule has 0 aliphatic carbocycles. The number of nitrogens with one attached hydrogen (secondary N) is 2. The molecule has 9 heteroatoms. The SMILES string of the molecule is CCOC(=O)c1cc(NCC(=O)Nc2cc(F)ccc2F)cc(C(=O)OCC)c1. The molecule has 0 fully saturated rings. The molecule has 7 nitrogen and oxygen atoms in total. The Kier molecular flexibility index (Phi) is 7.64. The fourth-order valence-corrected chi connectivity index (χ4v) is 2.36. The van der Waals surface area contributed by atoms with E-state index in [4.69, 9.17) is 9.47 Å². The molecule has 2 N–H and O–H groups in total. The van der Waals surface area contributed by atoms with E-state index >= 15 is 0 Å². The minimum absolute atomic E-state index is 0.0940. The van der Waals surface area contributed by atoms with Crippen LogP contribution in [0, 0.1) is 11.6 Å². The lowest BCUT2D eigenvalue weighted by Gasteiger charge is -2.12. The second-order valence-corrected chi connectivity index (χ2v) is 5.77. The number of hydrogen-bond acceptors (Lipinski definition) is 6. The number of benzene rings is 2. The molecule has 0 atom stereocenters. The van der Waals surface area contributed by atoms with Crippen molar-refractivity contribution >= 4 is 29.2 Å². The summed E-state index contributed by atoms with van der Waals surface area (Å²) >= 11 is 0. The van der Waals surface area contributed by atoms with Crippen LogP contribution in [0.25, 0.3) is 0 Å². The molecule has 0 radical (unpaired) electrons. The number of hydrogen-bond donors (Lipinski definition) is 2. The molecule has 0 saturated carbocycles. The van der Waals surface area contributed by atoms with E-state index in [0.29, 0.717) is 0 Å². The topological polar surface area (TPSA) is 93.7 Å². The molecule has 0 aliphatic heterocycles. The van der Waals surface area contributed by atoms with Gasteiger partial charge in [0, 0.05) is 11.8 Å². The lowest BCUT2D eigenvalue weighted by Crippen LogP contribution is -2.22. The van der Waals surface area contributed by atoms with Crippen LogP contribution < -0.4 is 10.6 Å². The zero-order valence-corrected chi connectivity index (χ0v) is 15.9. The minimum atomic E-state index is -0.784. The van der Waals surface area contributed by atoms with Crippen LogP contribution in [0.2, 0.25) is 0 Å². The second-order valence-electron chi connectivity index (χ2n) is 5.77. The van der Waals surface area contributed by atoms with Gasteiger partial charge in [-0.25, -0.2) is 18.4 Å². The van der Waals surface area contributed by atoms with Gasteiger partial charge in [-0.15, -0.1) is 0 Å². The van der Waals surface area contributed by atoms with Gasteiger partial charge in [0.05, 0.1) is 36.6 Å². The molecular weight excluding hydrogens is 386 g/mol. The molecular formula is C20H20F2N2O5. The van der Waals surface area contributed by atoms with Gasteiger partial charge < -0.3 is 20.1 Å². The van der Waals surface area contributed by atoms with Crippen molar-refractivity contribution in [1.29, 1.82) is 0 Å². The Balaban J connectivity index is 2.15. The highest BCUT2D eigenvalue weighted by molar-refractivity contribution is 5.98. The zero-order chi connectivity index (χ0) is 21.4.